The molecule has 0 aromatic heterocycles. The Kier molecular flexibility index (Phi) is 8.62. The predicted octanol–water partition coefficient (Wildman–Crippen LogP) is 3.44. The van der Waals surface area contributed by atoms with E-state index in [1.165, 1.54) is 7.11 Å². The van der Waals surface area contributed by atoms with Gasteiger partial charge in [-0.25, -0.2) is 0 Å². The number of hydrogen-bond donors (Lipinski definition) is 2. The summed E-state index contributed by atoms with van der Waals surface area (Å²) in [5.74, 6) is 0.116. The van der Waals surface area contributed by atoms with Crippen LogP contribution in [0.1, 0.15) is 18.4 Å². The summed E-state index contributed by atoms with van der Waals surface area (Å²) in [6.07, 6.45) is 1.36. The molecule has 0 aliphatic carbocycles. The Labute approximate surface area is 170 Å². The quantitative estimate of drug-likeness (QED) is 0.593. The minimum Gasteiger partial charge on any atom is -0.495 e. The van der Waals surface area contributed by atoms with Gasteiger partial charge in [-0.1, -0.05) is 41.9 Å². The van der Waals surface area contributed by atoms with Crippen LogP contribution in [0, 0.1) is 0 Å². The van der Waals surface area contributed by atoms with Crippen molar-refractivity contribution in [2.24, 2.45) is 0 Å². The molecule has 0 saturated heterocycles. The van der Waals surface area contributed by atoms with Gasteiger partial charge in [-0.15, -0.1) is 0 Å². The fourth-order valence-electron chi connectivity index (χ4n) is 2.79. The lowest BCUT2D eigenvalue weighted by atomic mass is 10.0. The molecule has 1 atom stereocenters. The summed E-state index contributed by atoms with van der Waals surface area (Å²) < 4.78 is 9.97. The molecule has 1 amide bonds. The van der Waals surface area contributed by atoms with E-state index in [-0.39, 0.29) is 30.9 Å². The maximum absolute atomic E-state index is 12.5. The van der Waals surface area contributed by atoms with Crippen LogP contribution in [0.4, 0.5) is 5.69 Å². The molecule has 0 fully saturated rings. The van der Waals surface area contributed by atoms with E-state index in [1.807, 2.05) is 30.3 Å². The van der Waals surface area contributed by atoms with Crippen LogP contribution < -0.4 is 15.4 Å². The minimum atomic E-state index is -0.297. The number of esters is 1. The van der Waals surface area contributed by atoms with Gasteiger partial charge in [0.25, 0.3) is 0 Å². The molecule has 1 unspecified atom stereocenters. The van der Waals surface area contributed by atoms with Crippen molar-refractivity contribution in [2.75, 3.05) is 26.1 Å². The molecule has 6 nitrogen and oxygen atoms in total. The lowest BCUT2D eigenvalue weighted by Gasteiger charge is -2.19. The number of amides is 1. The van der Waals surface area contributed by atoms with E-state index in [4.69, 9.17) is 21.1 Å². The molecule has 0 aliphatic rings. The zero-order valence-electron chi connectivity index (χ0n) is 16.0. The van der Waals surface area contributed by atoms with Crippen LogP contribution in [-0.4, -0.2) is 38.7 Å². The predicted molar refractivity (Wildman–Crippen MR) is 110 cm³/mol. The van der Waals surface area contributed by atoms with E-state index in [9.17, 15) is 9.59 Å². The van der Waals surface area contributed by atoms with Crippen molar-refractivity contribution in [2.45, 2.75) is 25.3 Å². The Morgan fingerprint density at radius 2 is 1.86 bits per heavy atom. The second-order valence-corrected chi connectivity index (χ2v) is 6.70. The first-order valence-corrected chi connectivity index (χ1v) is 9.37. The van der Waals surface area contributed by atoms with Crippen LogP contribution in [0.5, 0.6) is 5.75 Å². The largest absolute Gasteiger partial charge is 0.495 e. The fraction of sp³-hybridized carbons (Fsp3) is 0.333. The average molecular weight is 405 g/mol. The molecule has 2 N–H and O–H groups in total. The second kappa shape index (κ2) is 11.2. The molecular weight excluding hydrogens is 380 g/mol. The molecule has 0 spiro atoms. The van der Waals surface area contributed by atoms with Gasteiger partial charge in [0.2, 0.25) is 5.91 Å². The fourth-order valence-corrected chi connectivity index (χ4v) is 2.96. The number of methoxy groups -OCH3 is 2. The Bertz CT molecular complexity index is 783. The third-order valence-corrected chi connectivity index (χ3v) is 4.45. The smallest absolute Gasteiger partial charge is 0.305 e. The molecule has 0 radical (unpaired) electrons. The van der Waals surface area contributed by atoms with Crippen LogP contribution in [0.3, 0.4) is 0 Å². The highest BCUT2D eigenvalue weighted by atomic mass is 35.5. The Morgan fingerprint density at radius 3 is 2.54 bits per heavy atom. The number of anilines is 1. The lowest BCUT2D eigenvalue weighted by molar-refractivity contribution is -0.141. The minimum absolute atomic E-state index is 0.0558. The number of halogens is 1. The third kappa shape index (κ3) is 7.12. The lowest BCUT2D eigenvalue weighted by Crippen LogP contribution is -2.40. The van der Waals surface area contributed by atoms with E-state index in [2.05, 4.69) is 10.6 Å². The molecule has 150 valence electrons. The van der Waals surface area contributed by atoms with Gasteiger partial charge in [-0.05, 0) is 36.6 Å². The Morgan fingerprint density at radius 1 is 1.11 bits per heavy atom. The first-order valence-electron chi connectivity index (χ1n) is 8.99. The Balaban J connectivity index is 1.96. The van der Waals surface area contributed by atoms with Gasteiger partial charge < -0.3 is 20.1 Å². The van der Waals surface area contributed by atoms with Crippen LogP contribution >= 0.6 is 11.6 Å². The SMILES string of the molecule is COC(=O)CCC(Cc1ccccc1)NC(=O)CNc1cc(Cl)ccc1OC. The van der Waals surface area contributed by atoms with Crippen molar-refractivity contribution in [3.63, 3.8) is 0 Å². The highest BCUT2D eigenvalue weighted by molar-refractivity contribution is 6.30. The summed E-state index contributed by atoms with van der Waals surface area (Å²) in [5.41, 5.74) is 1.72. The molecule has 0 aliphatic heterocycles. The molecule has 7 heteroatoms. The van der Waals surface area contributed by atoms with Crippen molar-refractivity contribution in [3.05, 3.63) is 59.1 Å². The summed E-state index contributed by atoms with van der Waals surface area (Å²) in [4.78, 5) is 23.9. The highest BCUT2D eigenvalue weighted by Gasteiger charge is 2.16. The molecule has 2 aromatic carbocycles. The van der Waals surface area contributed by atoms with Gasteiger partial charge in [0.15, 0.2) is 0 Å². The molecule has 2 aromatic rings. The van der Waals surface area contributed by atoms with E-state index in [1.54, 1.807) is 25.3 Å². The van der Waals surface area contributed by atoms with E-state index < -0.39 is 0 Å². The van der Waals surface area contributed by atoms with Crippen molar-refractivity contribution >= 4 is 29.2 Å². The third-order valence-electron chi connectivity index (χ3n) is 4.22. The van der Waals surface area contributed by atoms with Gasteiger partial charge in [0.05, 0.1) is 26.5 Å². The highest BCUT2D eigenvalue weighted by Crippen LogP contribution is 2.27. The number of hydrogen-bond acceptors (Lipinski definition) is 5. The van der Waals surface area contributed by atoms with E-state index in [0.29, 0.717) is 29.3 Å². The molecular formula is C21H25ClN2O4. The number of benzene rings is 2. The first kappa shape index (κ1) is 21.6. The molecule has 0 saturated carbocycles. The summed E-state index contributed by atoms with van der Waals surface area (Å²) in [6.45, 7) is 0.0558. The maximum Gasteiger partial charge on any atom is 0.305 e. The monoisotopic (exact) mass is 404 g/mol. The van der Waals surface area contributed by atoms with Gasteiger partial charge >= 0.3 is 5.97 Å². The summed E-state index contributed by atoms with van der Waals surface area (Å²) >= 11 is 6.01. The summed E-state index contributed by atoms with van der Waals surface area (Å²) in [7, 11) is 2.91. The average Bonchev–Trinajstić information content (AvgIpc) is 2.71. The van der Waals surface area contributed by atoms with Crippen LogP contribution in [0.25, 0.3) is 0 Å². The molecule has 0 bridgehead atoms. The van der Waals surface area contributed by atoms with Crippen molar-refractivity contribution in [3.8, 4) is 5.75 Å². The zero-order valence-corrected chi connectivity index (χ0v) is 16.8. The molecule has 28 heavy (non-hydrogen) atoms. The molecule has 2 rings (SSSR count). The normalized spacial score (nSPS) is 11.4. The van der Waals surface area contributed by atoms with Crippen LogP contribution in [0.2, 0.25) is 5.02 Å². The number of carbonyl (C=O) groups excluding carboxylic acids is 2. The van der Waals surface area contributed by atoms with Crippen LogP contribution in [0.15, 0.2) is 48.5 Å². The number of nitrogens with one attached hydrogen (secondary N) is 2. The standard InChI is InChI=1S/C21H25ClN2O4/c1-27-19-10-8-16(22)13-18(19)23-14-20(25)24-17(9-11-21(26)28-2)12-15-6-4-3-5-7-15/h3-8,10,13,17,23H,9,11-12,14H2,1-2H3,(H,24,25). The zero-order chi connectivity index (χ0) is 20.4. The van der Waals surface area contributed by atoms with Gasteiger partial charge in [-0.3, -0.25) is 9.59 Å². The summed E-state index contributed by atoms with van der Waals surface area (Å²) in [6, 6.07) is 14.8. The number of rotatable bonds is 10. The number of ether oxygens (including phenoxy) is 2. The summed E-state index contributed by atoms with van der Waals surface area (Å²) in [5, 5.41) is 6.57. The van der Waals surface area contributed by atoms with E-state index in [0.717, 1.165) is 5.56 Å². The van der Waals surface area contributed by atoms with Gasteiger partial charge in [0, 0.05) is 17.5 Å². The first-order chi connectivity index (χ1) is 13.5. The second-order valence-electron chi connectivity index (χ2n) is 6.27. The molecule has 0 heterocycles. The van der Waals surface area contributed by atoms with Crippen LogP contribution in [-0.2, 0) is 20.7 Å². The maximum atomic E-state index is 12.5. The van der Waals surface area contributed by atoms with Crippen molar-refractivity contribution in [1.29, 1.82) is 0 Å². The van der Waals surface area contributed by atoms with E-state index >= 15 is 0 Å². The van der Waals surface area contributed by atoms with Gasteiger partial charge in [-0.2, -0.15) is 0 Å². The van der Waals surface area contributed by atoms with Crippen molar-refractivity contribution in [1.82, 2.24) is 5.32 Å². The Hall–Kier alpha value is -2.73. The number of carbonyl (C=O) groups is 2. The van der Waals surface area contributed by atoms with Gasteiger partial charge in [0.1, 0.15) is 5.75 Å². The topological polar surface area (TPSA) is 76.7 Å². The van der Waals surface area contributed by atoms with Crippen molar-refractivity contribution < 1.29 is 19.1 Å².